The number of nitro groups is 1. The Balaban J connectivity index is 2.26. The number of ether oxygens (including phenoxy) is 2. The van der Waals surface area contributed by atoms with Gasteiger partial charge in [0.25, 0.3) is 5.69 Å². The highest BCUT2D eigenvalue weighted by Gasteiger charge is 2.24. The summed E-state index contributed by atoms with van der Waals surface area (Å²) in [5.41, 5.74) is 6.32. The van der Waals surface area contributed by atoms with Crippen molar-refractivity contribution in [3.05, 3.63) is 22.2 Å². The van der Waals surface area contributed by atoms with Crippen LogP contribution in [0.25, 0.3) is 0 Å². The van der Waals surface area contributed by atoms with Gasteiger partial charge in [0.15, 0.2) is 11.5 Å². The first kappa shape index (κ1) is 15.4. The van der Waals surface area contributed by atoms with Crippen LogP contribution in [0.4, 0.5) is 11.4 Å². The monoisotopic (exact) mass is 295 g/mol. The van der Waals surface area contributed by atoms with Gasteiger partial charge in [0.05, 0.1) is 25.2 Å². The molecule has 0 unspecified atom stereocenters. The van der Waals surface area contributed by atoms with Crippen molar-refractivity contribution in [1.82, 2.24) is 0 Å². The molecular formula is C14H21N3O4. The Kier molecular flexibility index (Phi) is 4.85. The molecule has 0 radical (unpaired) electrons. The standard InChI is InChI=1S/C14H21N3O4/c1-20-13-7-11(12(17(18)19)8-14(13)21-2)16-10-5-3-9(15)4-6-10/h7-10,16H,3-6,15H2,1-2H3. The summed E-state index contributed by atoms with van der Waals surface area (Å²) in [4.78, 5) is 10.8. The molecule has 1 aliphatic rings. The van der Waals surface area contributed by atoms with Gasteiger partial charge in [0.2, 0.25) is 0 Å². The van der Waals surface area contributed by atoms with Crippen LogP contribution in [0.1, 0.15) is 25.7 Å². The predicted octanol–water partition coefficient (Wildman–Crippen LogP) is 2.29. The molecule has 0 saturated heterocycles. The van der Waals surface area contributed by atoms with Gasteiger partial charge < -0.3 is 20.5 Å². The SMILES string of the molecule is COc1cc(NC2CCC(N)CC2)c([N+](=O)[O-])cc1OC. The highest BCUT2D eigenvalue weighted by Crippen LogP contribution is 2.38. The first-order valence-electron chi connectivity index (χ1n) is 6.97. The fraction of sp³-hybridized carbons (Fsp3) is 0.571. The van der Waals surface area contributed by atoms with E-state index in [2.05, 4.69) is 5.32 Å². The lowest BCUT2D eigenvalue weighted by molar-refractivity contribution is -0.384. The zero-order valence-electron chi connectivity index (χ0n) is 12.3. The number of nitro benzene ring substituents is 1. The lowest BCUT2D eigenvalue weighted by Gasteiger charge is -2.27. The van der Waals surface area contributed by atoms with Crippen molar-refractivity contribution in [2.24, 2.45) is 5.73 Å². The van der Waals surface area contributed by atoms with Crippen molar-refractivity contribution in [2.45, 2.75) is 37.8 Å². The van der Waals surface area contributed by atoms with Crippen LogP contribution < -0.4 is 20.5 Å². The lowest BCUT2D eigenvalue weighted by Crippen LogP contribution is -2.32. The van der Waals surface area contributed by atoms with Crippen LogP contribution in [-0.4, -0.2) is 31.2 Å². The summed E-state index contributed by atoms with van der Waals surface area (Å²) < 4.78 is 10.3. The molecule has 2 rings (SSSR count). The van der Waals surface area contributed by atoms with Gasteiger partial charge in [-0.05, 0) is 25.7 Å². The van der Waals surface area contributed by atoms with Crippen molar-refractivity contribution in [1.29, 1.82) is 0 Å². The molecule has 0 amide bonds. The van der Waals surface area contributed by atoms with Crippen molar-refractivity contribution in [2.75, 3.05) is 19.5 Å². The zero-order valence-corrected chi connectivity index (χ0v) is 12.3. The molecule has 116 valence electrons. The Morgan fingerprint density at radius 3 is 2.29 bits per heavy atom. The average Bonchev–Trinajstić information content (AvgIpc) is 2.48. The number of methoxy groups -OCH3 is 2. The smallest absolute Gasteiger partial charge is 0.296 e. The third-order valence-electron chi connectivity index (χ3n) is 3.83. The summed E-state index contributed by atoms with van der Waals surface area (Å²) in [6.45, 7) is 0. The minimum absolute atomic E-state index is 0.0116. The molecule has 3 N–H and O–H groups in total. The van der Waals surface area contributed by atoms with Gasteiger partial charge in [-0.3, -0.25) is 10.1 Å². The second kappa shape index (κ2) is 6.62. The number of anilines is 1. The molecule has 0 heterocycles. The Morgan fingerprint density at radius 1 is 1.19 bits per heavy atom. The summed E-state index contributed by atoms with van der Waals surface area (Å²) in [6.07, 6.45) is 3.68. The summed E-state index contributed by atoms with van der Waals surface area (Å²) in [5.74, 6) is 0.818. The molecular weight excluding hydrogens is 274 g/mol. The molecule has 0 aliphatic heterocycles. The number of nitrogens with zero attached hydrogens (tertiary/aromatic N) is 1. The van der Waals surface area contributed by atoms with E-state index in [1.54, 1.807) is 6.07 Å². The molecule has 1 aromatic carbocycles. The highest BCUT2D eigenvalue weighted by molar-refractivity contribution is 5.68. The van der Waals surface area contributed by atoms with Crippen LogP contribution in [0.5, 0.6) is 11.5 Å². The van der Waals surface area contributed by atoms with E-state index in [0.717, 1.165) is 25.7 Å². The molecule has 7 heteroatoms. The van der Waals surface area contributed by atoms with Gasteiger partial charge in [0.1, 0.15) is 5.69 Å². The van der Waals surface area contributed by atoms with E-state index in [0.29, 0.717) is 17.2 Å². The second-order valence-electron chi connectivity index (χ2n) is 5.24. The number of hydrogen-bond donors (Lipinski definition) is 2. The lowest BCUT2D eigenvalue weighted by atomic mass is 9.91. The van der Waals surface area contributed by atoms with Crippen molar-refractivity contribution in [3.8, 4) is 11.5 Å². The van der Waals surface area contributed by atoms with Crippen LogP contribution in [-0.2, 0) is 0 Å². The van der Waals surface area contributed by atoms with E-state index in [-0.39, 0.29) is 17.8 Å². The molecule has 1 aliphatic carbocycles. The van der Waals surface area contributed by atoms with Gasteiger partial charge in [-0.2, -0.15) is 0 Å². The van der Waals surface area contributed by atoms with Gasteiger partial charge in [-0.15, -0.1) is 0 Å². The molecule has 0 atom stereocenters. The third-order valence-corrected chi connectivity index (χ3v) is 3.83. The van der Waals surface area contributed by atoms with E-state index in [1.807, 2.05) is 0 Å². The number of hydrogen-bond acceptors (Lipinski definition) is 6. The van der Waals surface area contributed by atoms with Crippen LogP contribution >= 0.6 is 0 Å². The van der Waals surface area contributed by atoms with Gasteiger partial charge in [0, 0.05) is 18.2 Å². The fourth-order valence-electron chi connectivity index (χ4n) is 2.62. The Morgan fingerprint density at radius 2 is 1.76 bits per heavy atom. The maximum atomic E-state index is 11.2. The highest BCUT2D eigenvalue weighted by atomic mass is 16.6. The first-order chi connectivity index (χ1) is 10.0. The summed E-state index contributed by atoms with van der Waals surface area (Å²) in [7, 11) is 2.96. The van der Waals surface area contributed by atoms with E-state index in [1.165, 1.54) is 20.3 Å². The fourth-order valence-corrected chi connectivity index (χ4v) is 2.62. The second-order valence-corrected chi connectivity index (χ2v) is 5.24. The molecule has 1 aromatic rings. The largest absolute Gasteiger partial charge is 0.493 e. The molecule has 0 aromatic heterocycles. The quantitative estimate of drug-likeness (QED) is 0.638. The molecule has 7 nitrogen and oxygen atoms in total. The Hall–Kier alpha value is -2.02. The van der Waals surface area contributed by atoms with E-state index >= 15 is 0 Å². The Labute approximate surface area is 123 Å². The molecule has 21 heavy (non-hydrogen) atoms. The normalized spacial score (nSPS) is 21.7. The van der Waals surface area contributed by atoms with Crippen LogP contribution in [0.2, 0.25) is 0 Å². The molecule has 0 spiro atoms. The van der Waals surface area contributed by atoms with Crippen LogP contribution in [0.3, 0.4) is 0 Å². The Bertz CT molecular complexity index is 513. The molecule has 0 bridgehead atoms. The minimum atomic E-state index is -0.418. The van der Waals surface area contributed by atoms with Gasteiger partial charge >= 0.3 is 0 Å². The summed E-state index contributed by atoms with van der Waals surface area (Å²) in [5, 5.41) is 14.5. The zero-order chi connectivity index (χ0) is 15.4. The maximum absolute atomic E-state index is 11.2. The predicted molar refractivity (Wildman–Crippen MR) is 80.1 cm³/mol. The van der Waals surface area contributed by atoms with Gasteiger partial charge in [-0.25, -0.2) is 0 Å². The number of benzene rings is 1. The van der Waals surface area contributed by atoms with Gasteiger partial charge in [-0.1, -0.05) is 0 Å². The van der Waals surface area contributed by atoms with Crippen molar-refractivity contribution < 1.29 is 14.4 Å². The summed E-state index contributed by atoms with van der Waals surface area (Å²) in [6, 6.07) is 3.44. The minimum Gasteiger partial charge on any atom is -0.493 e. The maximum Gasteiger partial charge on any atom is 0.296 e. The van der Waals surface area contributed by atoms with E-state index < -0.39 is 4.92 Å². The van der Waals surface area contributed by atoms with E-state index in [9.17, 15) is 10.1 Å². The number of rotatable bonds is 5. The van der Waals surface area contributed by atoms with Crippen molar-refractivity contribution >= 4 is 11.4 Å². The number of nitrogens with two attached hydrogens (primary N) is 1. The van der Waals surface area contributed by atoms with Crippen molar-refractivity contribution in [3.63, 3.8) is 0 Å². The molecule has 1 fully saturated rings. The van der Waals surface area contributed by atoms with E-state index in [4.69, 9.17) is 15.2 Å². The topological polar surface area (TPSA) is 99.7 Å². The summed E-state index contributed by atoms with van der Waals surface area (Å²) >= 11 is 0. The average molecular weight is 295 g/mol. The first-order valence-corrected chi connectivity index (χ1v) is 6.97. The van der Waals surface area contributed by atoms with Crippen LogP contribution in [0.15, 0.2) is 12.1 Å². The third kappa shape index (κ3) is 3.55. The number of nitrogens with one attached hydrogen (secondary N) is 1. The van der Waals surface area contributed by atoms with Crippen LogP contribution in [0, 0.1) is 10.1 Å². The molecule has 1 saturated carbocycles.